The van der Waals surface area contributed by atoms with Crippen LogP contribution < -0.4 is 5.56 Å². The standard InChI is InChI=1S/C15H20N4O/c1-11-16-14-4-3-12(9-13(14)15(20)17-11)10-19-7-5-18(2)6-8-19/h3-4,9H,5-8,10H2,1-2H3,(H,16,17,20). The van der Waals surface area contributed by atoms with Crippen molar-refractivity contribution < 1.29 is 0 Å². The van der Waals surface area contributed by atoms with Crippen LogP contribution in [0.15, 0.2) is 23.0 Å². The Morgan fingerprint density at radius 2 is 2.00 bits per heavy atom. The van der Waals surface area contributed by atoms with Gasteiger partial charge >= 0.3 is 0 Å². The Morgan fingerprint density at radius 1 is 1.25 bits per heavy atom. The Hall–Kier alpha value is -1.72. The number of aryl methyl sites for hydroxylation is 1. The Labute approximate surface area is 118 Å². The maximum absolute atomic E-state index is 12.0. The highest BCUT2D eigenvalue weighted by Gasteiger charge is 2.14. The number of benzene rings is 1. The number of nitrogens with one attached hydrogen (secondary N) is 1. The van der Waals surface area contributed by atoms with Crippen LogP contribution in [0.1, 0.15) is 11.4 Å². The van der Waals surface area contributed by atoms with Gasteiger partial charge in [-0.3, -0.25) is 9.69 Å². The summed E-state index contributed by atoms with van der Waals surface area (Å²) in [5.74, 6) is 0.661. The van der Waals surface area contributed by atoms with Crippen LogP contribution in [0.3, 0.4) is 0 Å². The summed E-state index contributed by atoms with van der Waals surface area (Å²) < 4.78 is 0. The van der Waals surface area contributed by atoms with Gasteiger partial charge in [0.1, 0.15) is 5.82 Å². The lowest BCUT2D eigenvalue weighted by molar-refractivity contribution is 0.148. The van der Waals surface area contributed by atoms with Crippen LogP contribution in [0.25, 0.3) is 10.9 Å². The molecule has 2 heterocycles. The van der Waals surface area contributed by atoms with Crippen LogP contribution in [-0.2, 0) is 6.54 Å². The largest absolute Gasteiger partial charge is 0.310 e. The van der Waals surface area contributed by atoms with Crippen molar-refractivity contribution in [2.24, 2.45) is 0 Å². The van der Waals surface area contributed by atoms with Gasteiger partial charge in [-0.2, -0.15) is 0 Å². The summed E-state index contributed by atoms with van der Waals surface area (Å²) in [4.78, 5) is 23.9. The zero-order valence-electron chi connectivity index (χ0n) is 12.0. The second kappa shape index (κ2) is 5.34. The van der Waals surface area contributed by atoms with Gasteiger partial charge < -0.3 is 9.88 Å². The van der Waals surface area contributed by atoms with E-state index in [0.717, 1.165) is 38.2 Å². The van der Waals surface area contributed by atoms with Crippen molar-refractivity contribution in [1.82, 2.24) is 19.8 Å². The van der Waals surface area contributed by atoms with Crippen LogP contribution in [0.2, 0.25) is 0 Å². The van der Waals surface area contributed by atoms with Crippen molar-refractivity contribution >= 4 is 10.9 Å². The molecule has 2 aromatic rings. The maximum Gasteiger partial charge on any atom is 0.258 e. The molecule has 0 amide bonds. The third-order valence-electron chi connectivity index (χ3n) is 3.89. The molecule has 0 atom stereocenters. The van der Waals surface area contributed by atoms with Gasteiger partial charge in [0, 0.05) is 32.7 Å². The molecular weight excluding hydrogens is 252 g/mol. The second-order valence-electron chi connectivity index (χ2n) is 5.58. The number of likely N-dealkylation sites (N-methyl/N-ethyl adjacent to an activating group) is 1. The first-order valence-electron chi connectivity index (χ1n) is 7.02. The summed E-state index contributed by atoms with van der Waals surface area (Å²) >= 11 is 0. The first-order chi connectivity index (χ1) is 9.61. The molecule has 0 bridgehead atoms. The molecule has 1 fully saturated rings. The summed E-state index contributed by atoms with van der Waals surface area (Å²) in [5, 5.41) is 0.683. The molecule has 0 radical (unpaired) electrons. The fourth-order valence-corrected chi connectivity index (χ4v) is 2.67. The van der Waals surface area contributed by atoms with Gasteiger partial charge in [0.25, 0.3) is 5.56 Å². The molecule has 1 aromatic heterocycles. The van der Waals surface area contributed by atoms with Gasteiger partial charge in [0.05, 0.1) is 10.9 Å². The Kier molecular flexibility index (Phi) is 3.54. The predicted molar refractivity (Wildman–Crippen MR) is 79.9 cm³/mol. The minimum Gasteiger partial charge on any atom is -0.310 e. The first kappa shape index (κ1) is 13.3. The number of hydrogen-bond donors (Lipinski definition) is 1. The Bertz CT molecular complexity index is 671. The third kappa shape index (κ3) is 2.73. The number of fused-ring (bicyclic) bond motifs is 1. The van der Waals surface area contributed by atoms with E-state index in [2.05, 4.69) is 32.9 Å². The van der Waals surface area contributed by atoms with Crippen LogP contribution in [0.4, 0.5) is 0 Å². The van der Waals surface area contributed by atoms with E-state index in [-0.39, 0.29) is 5.56 Å². The lowest BCUT2D eigenvalue weighted by Crippen LogP contribution is -2.43. The smallest absolute Gasteiger partial charge is 0.258 e. The van der Waals surface area contributed by atoms with E-state index in [1.165, 1.54) is 5.56 Å². The molecule has 1 saturated heterocycles. The van der Waals surface area contributed by atoms with Crippen LogP contribution in [0.5, 0.6) is 0 Å². The minimum atomic E-state index is -0.0484. The van der Waals surface area contributed by atoms with E-state index in [1.807, 2.05) is 12.1 Å². The number of hydrogen-bond acceptors (Lipinski definition) is 4. The van der Waals surface area contributed by atoms with Gasteiger partial charge in [0.15, 0.2) is 0 Å². The summed E-state index contributed by atoms with van der Waals surface area (Å²) in [6, 6.07) is 5.99. The summed E-state index contributed by atoms with van der Waals surface area (Å²) in [5.41, 5.74) is 1.90. The fourth-order valence-electron chi connectivity index (χ4n) is 2.67. The van der Waals surface area contributed by atoms with Gasteiger partial charge in [-0.1, -0.05) is 6.07 Å². The number of piperazine rings is 1. The molecule has 5 heteroatoms. The number of nitrogens with zero attached hydrogens (tertiary/aromatic N) is 3. The van der Waals surface area contributed by atoms with E-state index < -0.39 is 0 Å². The fraction of sp³-hybridized carbons (Fsp3) is 0.467. The molecule has 0 unspecified atom stereocenters. The molecule has 20 heavy (non-hydrogen) atoms. The second-order valence-corrected chi connectivity index (χ2v) is 5.58. The van der Waals surface area contributed by atoms with Crippen LogP contribution >= 0.6 is 0 Å². The molecule has 3 rings (SSSR count). The number of rotatable bonds is 2. The molecule has 5 nitrogen and oxygen atoms in total. The van der Waals surface area contributed by atoms with Crippen molar-refractivity contribution in [2.75, 3.05) is 33.2 Å². The number of aromatic amines is 1. The van der Waals surface area contributed by atoms with Crippen molar-refractivity contribution in [3.8, 4) is 0 Å². The van der Waals surface area contributed by atoms with E-state index in [9.17, 15) is 4.79 Å². The number of aromatic nitrogens is 2. The predicted octanol–water partition coefficient (Wildman–Crippen LogP) is 0.979. The summed E-state index contributed by atoms with van der Waals surface area (Å²) in [7, 11) is 2.15. The number of H-pyrrole nitrogens is 1. The van der Waals surface area contributed by atoms with Crippen molar-refractivity contribution in [1.29, 1.82) is 0 Å². The third-order valence-corrected chi connectivity index (χ3v) is 3.89. The summed E-state index contributed by atoms with van der Waals surface area (Å²) in [6.07, 6.45) is 0. The monoisotopic (exact) mass is 272 g/mol. The highest BCUT2D eigenvalue weighted by Crippen LogP contribution is 2.13. The molecule has 0 aliphatic carbocycles. The molecular formula is C15H20N4O. The van der Waals surface area contributed by atoms with E-state index in [4.69, 9.17) is 0 Å². The Morgan fingerprint density at radius 3 is 2.75 bits per heavy atom. The van der Waals surface area contributed by atoms with Crippen molar-refractivity contribution in [3.63, 3.8) is 0 Å². The van der Waals surface area contributed by atoms with E-state index in [0.29, 0.717) is 11.2 Å². The van der Waals surface area contributed by atoms with Crippen molar-refractivity contribution in [3.05, 3.63) is 39.9 Å². The topological polar surface area (TPSA) is 52.2 Å². The van der Waals surface area contributed by atoms with Gasteiger partial charge in [-0.25, -0.2) is 4.98 Å². The molecule has 1 aromatic carbocycles. The summed E-state index contributed by atoms with van der Waals surface area (Å²) in [6.45, 7) is 7.08. The van der Waals surface area contributed by atoms with Gasteiger partial charge in [-0.05, 0) is 31.7 Å². The Balaban J connectivity index is 1.84. The molecule has 106 valence electrons. The van der Waals surface area contributed by atoms with E-state index in [1.54, 1.807) is 6.92 Å². The van der Waals surface area contributed by atoms with Gasteiger partial charge in [-0.15, -0.1) is 0 Å². The van der Waals surface area contributed by atoms with Gasteiger partial charge in [0.2, 0.25) is 0 Å². The highest BCUT2D eigenvalue weighted by atomic mass is 16.1. The first-order valence-corrected chi connectivity index (χ1v) is 7.02. The molecule has 1 aliphatic rings. The SMILES string of the molecule is Cc1nc2ccc(CN3CCN(C)CC3)cc2c(=O)[nH]1. The lowest BCUT2D eigenvalue weighted by Gasteiger charge is -2.32. The highest BCUT2D eigenvalue weighted by molar-refractivity contribution is 5.78. The average Bonchev–Trinajstić information content (AvgIpc) is 2.42. The van der Waals surface area contributed by atoms with E-state index >= 15 is 0 Å². The molecule has 0 spiro atoms. The molecule has 1 N–H and O–H groups in total. The maximum atomic E-state index is 12.0. The average molecular weight is 272 g/mol. The lowest BCUT2D eigenvalue weighted by atomic mass is 10.1. The normalized spacial score (nSPS) is 17.7. The zero-order valence-corrected chi connectivity index (χ0v) is 12.0. The van der Waals surface area contributed by atoms with Crippen LogP contribution in [-0.4, -0.2) is 53.0 Å². The minimum absolute atomic E-state index is 0.0484. The molecule has 1 aliphatic heterocycles. The van der Waals surface area contributed by atoms with Crippen molar-refractivity contribution in [2.45, 2.75) is 13.5 Å². The zero-order chi connectivity index (χ0) is 14.1. The molecule has 0 saturated carbocycles. The van der Waals surface area contributed by atoms with Crippen LogP contribution in [0, 0.1) is 6.92 Å². The quantitative estimate of drug-likeness (QED) is 0.885.